The van der Waals surface area contributed by atoms with Crippen LogP contribution in [0.15, 0.2) is 29.6 Å². The van der Waals surface area contributed by atoms with Crippen LogP contribution in [-0.2, 0) is 9.53 Å². The molecule has 1 amide bonds. The van der Waals surface area contributed by atoms with Crippen molar-refractivity contribution in [3.63, 3.8) is 0 Å². The van der Waals surface area contributed by atoms with Gasteiger partial charge in [0.2, 0.25) is 5.91 Å². The number of benzene rings is 1. The van der Waals surface area contributed by atoms with Crippen molar-refractivity contribution in [1.29, 1.82) is 0 Å². The van der Waals surface area contributed by atoms with E-state index in [9.17, 15) is 4.79 Å². The summed E-state index contributed by atoms with van der Waals surface area (Å²) in [5, 5.41) is 5.29. The first-order valence-corrected chi connectivity index (χ1v) is 7.44. The lowest BCUT2D eigenvalue weighted by Crippen LogP contribution is -2.29. The first kappa shape index (κ1) is 15.5. The predicted octanol–water partition coefficient (Wildman–Crippen LogP) is 3.15. The number of methoxy groups -OCH3 is 1. The number of ether oxygens (including phenoxy) is 1. The third kappa shape index (κ3) is 4.27. The van der Waals surface area contributed by atoms with Gasteiger partial charge in [-0.15, -0.1) is 11.3 Å². The number of thiazole rings is 1. The number of aromatic nitrogens is 1. The molecule has 0 saturated carbocycles. The van der Waals surface area contributed by atoms with E-state index in [1.807, 2.05) is 43.5 Å². The van der Waals surface area contributed by atoms with Crippen molar-refractivity contribution >= 4 is 28.1 Å². The number of carbonyl (C=O) groups excluding carboxylic acids is 1. The highest BCUT2D eigenvalue weighted by Crippen LogP contribution is 2.26. The van der Waals surface area contributed by atoms with E-state index in [0.717, 1.165) is 11.3 Å². The topological polar surface area (TPSA) is 77.2 Å². The third-order valence-corrected chi connectivity index (χ3v) is 3.85. The molecule has 0 aliphatic carbocycles. The van der Waals surface area contributed by atoms with Gasteiger partial charge in [-0.05, 0) is 26.0 Å². The molecule has 3 N–H and O–H groups in total. The van der Waals surface area contributed by atoms with Crippen molar-refractivity contribution < 1.29 is 9.53 Å². The Morgan fingerprint density at radius 3 is 2.67 bits per heavy atom. The summed E-state index contributed by atoms with van der Waals surface area (Å²) in [5.74, 6) is -0.111. The van der Waals surface area contributed by atoms with Crippen molar-refractivity contribution in [1.82, 2.24) is 4.98 Å². The number of amides is 1. The Morgan fingerprint density at radius 1 is 1.38 bits per heavy atom. The van der Waals surface area contributed by atoms with E-state index in [1.165, 1.54) is 11.3 Å². The van der Waals surface area contributed by atoms with Crippen LogP contribution in [0.1, 0.15) is 20.3 Å². The van der Waals surface area contributed by atoms with Gasteiger partial charge in [0.15, 0.2) is 5.13 Å². The van der Waals surface area contributed by atoms with Crippen molar-refractivity contribution in [3.05, 3.63) is 29.6 Å². The highest BCUT2D eigenvalue weighted by Gasteiger charge is 2.21. The standard InChI is InChI=1S/C15H19N3O2S/c1-15(2,20-3)8-13(19)18-14-17-12(9-21-14)10-4-6-11(16)7-5-10/h4-7,9H,8,16H2,1-3H3,(H,17,18,19). The van der Waals surface area contributed by atoms with Crippen LogP contribution in [0.5, 0.6) is 0 Å². The number of nitrogens with one attached hydrogen (secondary N) is 1. The molecule has 2 rings (SSSR count). The summed E-state index contributed by atoms with van der Waals surface area (Å²) >= 11 is 1.40. The number of hydrogen-bond acceptors (Lipinski definition) is 5. The van der Waals surface area contributed by atoms with Gasteiger partial charge < -0.3 is 15.8 Å². The van der Waals surface area contributed by atoms with Crippen LogP contribution in [0.25, 0.3) is 11.3 Å². The lowest BCUT2D eigenvalue weighted by atomic mass is 10.1. The molecule has 0 spiro atoms. The number of rotatable bonds is 5. The van der Waals surface area contributed by atoms with Gasteiger partial charge in [-0.25, -0.2) is 4.98 Å². The van der Waals surface area contributed by atoms with Crippen molar-refractivity contribution in [2.24, 2.45) is 0 Å². The van der Waals surface area contributed by atoms with Crippen LogP contribution >= 0.6 is 11.3 Å². The molecule has 5 nitrogen and oxygen atoms in total. The van der Waals surface area contributed by atoms with Crippen molar-refractivity contribution in [2.45, 2.75) is 25.9 Å². The number of nitrogen functional groups attached to an aromatic ring is 1. The minimum Gasteiger partial charge on any atom is -0.399 e. The van der Waals surface area contributed by atoms with E-state index >= 15 is 0 Å². The molecule has 0 atom stereocenters. The molecule has 0 aliphatic rings. The first-order chi connectivity index (χ1) is 9.89. The zero-order chi connectivity index (χ0) is 15.5. The van der Waals surface area contributed by atoms with E-state index in [-0.39, 0.29) is 12.3 Å². The van der Waals surface area contributed by atoms with Gasteiger partial charge in [0.1, 0.15) is 0 Å². The second kappa shape index (κ2) is 6.24. The Balaban J connectivity index is 2.03. The molecule has 1 heterocycles. The Hall–Kier alpha value is -1.92. The number of hydrogen-bond donors (Lipinski definition) is 2. The van der Waals surface area contributed by atoms with Gasteiger partial charge in [-0.2, -0.15) is 0 Å². The highest BCUT2D eigenvalue weighted by molar-refractivity contribution is 7.14. The van der Waals surface area contributed by atoms with E-state index in [2.05, 4.69) is 10.3 Å². The summed E-state index contributed by atoms with van der Waals surface area (Å²) < 4.78 is 5.24. The molecule has 21 heavy (non-hydrogen) atoms. The molecular weight excluding hydrogens is 286 g/mol. The summed E-state index contributed by atoms with van der Waals surface area (Å²) in [7, 11) is 1.59. The summed E-state index contributed by atoms with van der Waals surface area (Å²) in [6, 6.07) is 7.47. The second-order valence-electron chi connectivity index (χ2n) is 5.35. The van der Waals surface area contributed by atoms with Gasteiger partial charge in [0.25, 0.3) is 0 Å². The van der Waals surface area contributed by atoms with Crippen molar-refractivity contribution in [2.75, 3.05) is 18.2 Å². The summed E-state index contributed by atoms with van der Waals surface area (Å²) in [6.45, 7) is 3.74. The van der Waals surface area contributed by atoms with Gasteiger partial charge in [-0.3, -0.25) is 4.79 Å². The quantitative estimate of drug-likeness (QED) is 0.832. The van der Waals surface area contributed by atoms with Crippen LogP contribution < -0.4 is 11.1 Å². The fraction of sp³-hybridized carbons (Fsp3) is 0.333. The Bertz CT molecular complexity index is 620. The minimum absolute atomic E-state index is 0.111. The summed E-state index contributed by atoms with van der Waals surface area (Å²) in [4.78, 5) is 16.3. The van der Waals surface area contributed by atoms with Crippen molar-refractivity contribution in [3.8, 4) is 11.3 Å². The maximum Gasteiger partial charge on any atom is 0.229 e. The fourth-order valence-electron chi connectivity index (χ4n) is 1.74. The van der Waals surface area contributed by atoms with Gasteiger partial charge in [0.05, 0.1) is 17.7 Å². The number of nitrogens with two attached hydrogens (primary N) is 1. The van der Waals surface area contributed by atoms with E-state index in [1.54, 1.807) is 7.11 Å². The number of anilines is 2. The number of nitrogens with zero attached hydrogens (tertiary/aromatic N) is 1. The lowest BCUT2D eigenvalue weighted by Gasteiger charge is -2.21. The molecule has 112 valence electrons. The minimum atomic E-state index is -0.485. The Labute approximate surface area is 128 Å². The molecule has 0 saturated heterocycles. The maximum atomic E-state index is 11.9. The molecule has 0 aliphatic heterocycles. The molecule has 1 aromatic carbocycles. The largest absolute Gasteiger partial charge is 0.399 e. The highest BCUT2D eigenvalue weighted by atomic mass is 32.1. The average Bonchev–Trinajstić information content (AvgIpc) is 2.87. The van der Waals surface area contributed by atoms with Crippen LogP contribution in [0.3, 0.4) is 0 Å². The van der Waals surface area contributed by atoms with E-state index in [4.69, 9.17) is 10.5 Å². The van der Waals surface area contributed by atoms with Crippen LogP contribution in [0.2, 0.25) is 0 Å². The molecule has 0 fully saturated rings. The molecule has 6 heteroatoms. The van der Waals surface area contributed by atoms with Crippen LogP contribution in [-0.4, -0.2) is 23.6 Å². The zero-order valence-electron chi connectivity index (χ0n) is 12.3. The molecule has 0 bridgehead atoms. The molecule has 2 aromatic rings. The first-order valence-electron chi connectivity index (χ1n) is 6.56. The second-order valence-corrected chi connectivity index (χ2v) is 6.21. The maximum absolute atomic E-state index is 11.9. The third-order valence-electron chi connectivity index (χ3n) is 3.10. The van der Waals surface area contributed by atoms with Crippen LogP contribution in [0, 0.1) is 0 Å². The monoisotopic (exact) mass is 305 g/mol. The van der Waals surface area contributed by atoms with Crippen LogP contribution in [0.4, 0.5) is 10.8 Å². The average molecular weight is 305 g/mol. The summed E-state index contributed by atoms with van der Waals surface area (Å²) in [5.41, 5.74) is 7.68. The molecule has 0 unspecified atom stereocenters. The zero-order valence-corrected chi connectivity index (χ0v) is 13.2. The SMILES string of the molecule is COC(C)(C)CC(=O)Nc1nc(-c2ccc(N)cc2)cs1. The van der Waals surface area contributed by atoms with E-state index in [0.29, 0.717) is 10.8 Å². The smallest absolute Gasteiger partial charge is 0.229 e. The normalized spacial score (nSPS) is 11.4. The lowest BCUT2D eigenvalue weighted by molar-refractivity contribution is -0.121. The Kier molecular flexibility index (Phi) is 4.59. The molecule has 0 radical (unpaired) electrons. The van der Waals surface area contributed by atoms with Gasteiger partial charge >= 0.3 is 0 Å². The fourth-order valence-corrected chi connectivity index (χ4v) is 2.48. The number of carbonyl (C=O) groups is 1. The van der Waals surface area contributed by atoms with Gasteiger partial charge in [0, 0.05) is 23.7 Å². The van der Waals surface area contributed by atoms with E-state index < -0.39 is 5.60 Å². The summed E-state index contributed by atoms with van der Waals surface area (Å²) in [6.07, 6.45) is 0.278. The molecule has 1 aromatic heterocycles. The predicted molar refractivity (Wildman–Crippen MR) is 86.3 cm³/mol. The molecular formula is C15H19N3O2S. The Morgan fingerprint density at radius 2 is 2.05 bits per heavy atom. The van der Waals surface area contributed by atoms with Gasteiger partial charge in [-0.1, -0.05) is 12.1 Å².